The second kappa shape index (κ2) is 6.13. The van der Waals surface area contributed by atoms with Crippen LogP contribution < -0.4 is 0 Å². The number of aromatic nitrogens is 2. The molecule has 0 aliphatic carbocycles. The molecule has 0 fully saturated rings. The highest BCUT2D eigenvalue weighted by molar-refractivity contribution is 6.09. The first-order valence-corrected chi connectivity index (χ1v) is 9.70. The van der Waals surface area contributed by atoms with Crippen molar-refractivity contribution in [2.24, 2.45) is 0 Å². The Balaban J connectivity index is 1.84. The largest absolute Gasteiger partial charge is 0.232 e. The normalized spacial score (nSPS) is 12.1. The lowest BCUT2D eigenvalue weighted by Crippen LogP contribution is -2.16. The highest BCUT2D eigenvalue weighted by Gasteiger charge is 2.20. The Hall–Kier alpha value is -3.26. The number of fused-ring (bicyclic) bond motifs is 4. The molecule has 0 atom stereocenters. The third-order valence-corrected chi connectivity index (χ3v) is 5.29. The van der Waals surface area contributed by atoms with E-state index in [1.165, 1.54) is 21.5 Å². The Morgan fingerprint density at radius 3 is 2.04 bits per heavy atom. The predicted octanol–water partition coefficient (Wildman–Crippen LogP) is 6.90. The monoisotopic (exact) mass is 362 g/mol. The van der Waals surface area contributed by atoms with Crippen LogP contribution >= 0.6 is 0 Å². The zero-order valence-electron chi connectivity index (χ0n) is 16.4. The third kappa shape index (κ3) is 2.73. The maximum atomic E-state index is 5.02. The predicted molar refractivity (Wildman–Crippen MR) is 119 cm³/mol. The van der Waals surface area contributed by atoms with Crippen molar-refractivity contribution in [3.05, 3.63) is 84.7 Å². The van der Waals surface area contributed by atoms with E-state index in [9.17, 15) is 0 Å². The molecule has 2 heteroatoms. The van der Waals surface area contributed by atoms with E-state index >= 15 is 0 Å². The topological polar surface area (TPSA) is 25.8 Å². The first kappa shape index (κ1) is 16.9. The molecule has 2 nitrogen and oxygen atoms in total. The van der Waals surface area contributed by atoms with Crippen molar-refractivity contribution in [3.8, 4) is 11.3 Å². The molecule has 136 valence electrons. The van der Waals surface area contributed by atoms with Gasteiger partial charge in [0.2, 0.25) is 0 Å². The van der Waals surface area contributed by atoms with Gasteiger partial charge in [-0.2, -0.15) is 0 Å². The van der Waals surface area contributed by atoms with Crippen molar-refractivity contribution in [2.45, 2.75) is 26.2 Å². The van der Waals surface area contributed by atoms with Crippen molar-refractivity contribution in [1.82, 2.24) is 9.97 Å². The number of para-hydroxylation sites is 1. The van der Waals surface area contributed by atoms with Crippen LogP contribution in [0.1, 0.15) is 26.6 Å². The molecule has 0 saturated heterocycles. The summed E-state index contributed by atoms with van der Waals surface area (Å²) in [6, 6.07) is 27.9. The molecule has 1 aromatic heterocycles. The number of rotatable bonds is 1. The summed E-state index contributed by atoms with van der Waals surface area (Å²) in [7, 11) is 0. The van der Waals surface area contributed by atoms with Crippen LogP contribution in [-0.2, 0) is 5.41 Å². The molecule has 5 aromatic rings. The summed E-state index contributed by atoms with van der Waals surface area (Å²) < 4.78 is 0. The Bertz CT molecular complexity index is 1340. The molecule has 28 heavy (non-hydrogen) atoms. The molecule has 5 rings (SSSR count). The van der Waals surface area contributed by atoms with Crippen LogP contribution in [0.25, 0.3) is 43.7 Å². The Labute approximate surface area is 164 Å². The van der Waals surface area contributed by atoms with Gasteiger partial charge in [0.05, 0.1) is 11.2 Å². The van der Waals surface area contributed by atoms with Crippen molar-refractivity contribution >= 4 is 32.4 Å². The van der Waals surface area contributed by atoms with Crippen LogP contribution in [0.5, 0.6) is 0 Å². The van der Waals surface area contributed by atoms with E-state index in [2.05, 4.69) is 93.6 Å². The molecule has 0 amide bonds. The van der Waals surface area contributed by atoms with E-state index in [0.717, 1.165) is 28.0 Å². The van der Waals surface area contributed by atoms with Crippen LogP contribution in [0.15, 0.2) is 78.9 Å². The van der Waals surface area contributed by atoms with Gasteiger partial charge in [-0.15, -0.1) is 0 Å². The highest BCUT2D eigenvalue weighted by Crippen LogP contribution is 2.33. The molecular formula is C26H22N2. The molecule has 0 N–H and O–H groups in total. The number of hydrogen-bond donors (Lipinski definition) is 0. The zero-order chi connectivity index (χ0) is 19.3. The van der Waals surface area contributed by atoms with Gasteiger partial charge in [-0.3, -0.25) is 0 Å². The molecule has 4 aromatic carbocycles. The van der Waals surface area contributed by atoms with Gasteiger partial charge in [0.1, 0.15) is 5.82 Å². The third-order valence-electron chi connectivity index (χ3n) is 5.29. The molecule has 0 radical (unpaired) electrons. The SMILES string of the molecule is CC(C)(C)c1nc(-c2ccc3ccc4ccccc4c3c2)c2ccccc2n1. The number of benzene rings is 4. The minimum absolute atomic E-state index is 0.109. The lowest BCUT2D eigenvalue weighted by molar-refractivity contribution is 0.549. The van der Waals surface area contributed by atoms with E-state index in [-0.39, 0.29) is 5.41 Å². The van der Waals surface area contributed by atoms with Gasteiger partial charge in [0.15, 0.2) is 0 Å². The Kier molecular flexibility index (Phi) is 3.70. The lowest BCUT2D eigenvalue weighted by atomic mass is 9.94. The molecule has 0 bridgehead atoms. The number of nitrogens with zero attached hydrogens (tertiary/aromatic N) is 2. The second-order valence-corrected chi connectivity index (χ2v) is 8.39. The highest BCUT2D eigenvalue weighted by atomic mass is 14.9. The summed E-state index contributed by atoms with van der Waals surface area (Å²) in [5.41, 5.74) is 3.02. The van der Waals surface area contributed by atoms with Crippen molar-refractivity contribution in [1.29, 1.82) is 0 Å². The molecule has 0 unspecified atom stereocenters. The van der Waals surface area contributed by atoms with E-state index in [1.54, 1.807) is 0 Å². The van der Waals surface area contributed by atoms with Crippen LogP contribution in [0, 0.1) is 0 Å². The van der Waals surface area contributed by atoms with Crippen LogP contribution in [0.2, 0.25) is 0 Å². The fourth-order valence-corrected chi connectivity index (χ4v) is 3.78. The van der Waals surface area contributed by atoms with Crippen molar-refractivity contribution < 1.29 is 0 Å². The van der Waals surface area contributed by atoms with E-state index in [1.807, 2.05) is 6.07 Å². The summed E-state index contributed by atoms with van der Waals surface area (Å²) in [5.74, 6) is 0.874. The van der Waals surface area contributed by atoms with E-state index < -0.39 is 0 Å². The quantitative estimate of drug-likeness (QED) is 0.303. The molecular weight excluding hydrogens is 340 g/mol. The Morgan fingerprint density at radius 2 is 1.25 bits per heavy atom. The van der Waals surface area contributed by atoms with Crippen molar-refractivity contribution in [3.63, 3.8) is 0 Å². The summed E-state index contributed by atoms with van der Waals surface area (Å²) in [6.07, 6.45) is 0. The van der Waals surface area contributed by atoms with Crippen molar-refractivity contribution in [2.75, 3.05) is 0 Å². The summed E-state index contributed by atoms with van der Waals surface area (Å²) in [5, 5.41) is 6.13. The first-order chi connectivity index (χ1) is 13.5. The summed E-state index contributed by atoms with van der Waals surface area (Å²) in [4.78, 5) is 9.85. The molecule has 1 heterocycles. The fourth-order valence-electron chi connectivity index (χ4n) is 3.78. The van der Waals surface area contributed by atoms with Gasteiger partial charge in [0, 0.05) is 16.4 Å². The minimum Gasteiger partial charge on any atom is -0.232 e. The van der Waals surface area contributed by atoms with Gasteiger partial charge in [0.25, 0.3) is 0 Å². The van der Waals surface area contributed by atoms with Gasteiger partial charge >= 0.3 is 0 Å². The van der Waals surface area contributed by atoms with E-state index in [0.29, 0.717) is 0 Å². The Morgan fingerprint density at radius 1 is 0.607 bits per heavy atom. The number of hydrogen-bond acceptors (Lipinski definition) is 2. The maximum Gasteiger partial charge on any atom is 0.135 e. The smallest absolute Gasteiger partial charge is 0.135 e. The van der Waals surface area contributed by atoms with Crippen LogP contribution in [0.3, 0.4) is 0 Å². The first-order valence-electron chi connectivity index (χ1n) is 9.70. The lowest BCUT2D eigenvalue weighted by Gasteiger charge is -2.19. The zero-order valence-corrected chi connectivity index (χ0v) is 16.4. The average Bonchev–Trinajstić information content (AvgIpc) is 2.72. The van der Waals surface area contributed by atoms with Gasteiger partial charge in [-0.05, 0) is 33.7 Å². The average molecular weight is 362 g/mol. The molecule has 0 spiro atoms. The summed E-state index contributed by atoms with van der Waals surface area (Å²) >= 11 is 0. The minimum atomic E-state index is -0.109. The molecule has 0 aliphatic heterocycles. The fraction of sp³-hybridized carbons (Fsp3) is 0.154. The van der Waals surface area contributed by atoms with Crippen LogP contribution in [0.4, 0.5) is 0 Å². The van der Waals surface area contributed by atoms with E-state index in [4.69, 9.17) is 9.97 Å². The second-order valence-electron chi connectivity index (χ2n) is 8.39. The van der Waals surface area contributed by atoms with Crippen LogP contribution in [-0.4, -0.2) is 9.97 Å². The maximum absolute atomic E-state index is 5.02. The summed E-state index contributed by atoms with van der Waals surface area (Å²) in [6.45, 7) is 6.48. The van der Waals surface area contributed by atoms with Gasteiger partial charge in [-0.25, -0.2) is 9.97 Å². The molecule has 0 aliphatic rings. The van der Waals surface area contributed by atoms with Gasteiger partial charge < -0.3 is 0 Å². The molecule has 0 saturated carbocycles. The standard InChI is InChI=1S/C26H22N2/c1-26(2,3)25-27-23-11-7-6-10-21(23)24(28-25)19-15-14-18-13-12-17-8-4-5-9-20(17)22(18)16-19/h4-16H,1-3H3. The van der Waals surface area contributed by atoms with Gasteiger partial charge in [-0.1, -0.05) is 87.5 Å².